The van der Waals surface area contributed by atoms with Gasteiger partial charge in [0, 0.05) is 22.1 Å². The minimum absolute atomic E-state index is 0.337. The highest BCUT2D eigenvalue weighted by molar-refractivity contribution is 7.17. The number of carbonyl (C=O) groups is 2. The van der Waals surface area contributed by atoms with Gasteiger partial charge in [0.15, 0.2) is 0 Å². The number of methoxy groups -OCH3 is 3. The number of esters is 1. The SMILES string of the molecule is COC(=O)c1c(NC(=O)c2cc(OC)cc(OC)c2)sc(C)c1-c1ccccc1. The average Bonchev–Trinajstić information content (AvgIpc) is 3.08. The lowest BCUT2D eigenvalue weighted by molar-refractivity contribution is 0.0603. The number of amides is 1. The molecule has 1 aromatic heterocycles. The number of hydrogen-bond acceptors (Lipinski definition) is 6. The van der Waals surface area contributed by atoms with Gasteiger partial charge in [-0.05, 0) is 24.6 Å². The second-order valence-electron chi connectivity index (χ2n) is 6.15. The summed E-state index contributed by atoms with van der Waals surface area (Å²) in [5.74, 6) is 0.102. The van der Waals surface area contributed by atoms with E-state index in [4.69, 9.17) is 14.2 Å². The number of rotatable bonds is 6. The highest BCUT2D eigenvalue weighted by Crippen LogP contribution is 2.40. The van der Waals surface area contributed by atoms with E-state index in [1.54, 1.807) is 18.2 Å². The van der Waals surface area contributed by atoms with Gasteiger partial charge in [-0.3, -0.25) is 4.79 Å². The lowest BCUT2D eigenvalue weighted by Gasteiger charge is -2.10. The van der Waals surface area contributed by atoms with Gasteiger partial charge in [0.2, 0.25) is 0 Å². The summed E-state index contributed by atoms with van der Waals surface area (Å²) in [7, 11) is 4.35. The molecule has 0 aliphatic rings. The van der Waals surface area contributed by atoms with Gasteiger partial charge < -0.3 is 19.5 Å². The predicted molar refractivity (Wildman–Crippen MR) is 113 cm³/mol. The van der Waals surface area contributed by atoms with Gasteiger partial charge in [-0.1, -0.05) is 30.3 Å². The molecule has 150 valence electrons. The van der Waals surface area contributed by atoms with Crippen LogP contribution >= 0.6 is 11.3 Å². The molecule has 0 aliphatic heterocycles. The minimum atomic E-state index is -0.508. The topological polar surface area (TPSA) is 73.9 Å². The highest BCUT2D eigenvalue weighted by Gasteiger charge is 2.25. The summed E-state index contributed by atoms with van der Waals surface area (Å²) in [6, 6.07) is 14.4. The maximum atomic E-state index is 12.9. The van der Waals surface area contributed by atoms with Gasteiger partial charge in [-0.15, -0.1) is 11.3 Å². The van der Waals surface area contributed by atoms with Crippen LogP contribution in [0.2, 0.25) is 0 Å². The second kappa shape index (κ2) is 8.79. The molecule has 0 unspecified atom stereocenters. The molecule has 1 heterocycles. The summed E-state index contributed by atoms with van der Waals surface area (Å²) < 4.78 is 15.4. The standard InChI is InChI=1S/C22H21NO5S/c1-13-18(14-8-6-5-7-9-14)19(22(25)28-4)21(29-13)23-20(24)15-10-16(26-2)12-17(11-15)27-3/h5-12H,1-4H3,(H,23,24). The van der Waals surface area contributed by atoms with Crippen LogP contribution < -0.4 is 14.8 Å². The van der Waals surface area contributed by atoms with Crippen molar-refractivity contribution in [1.82, 2.24) is 0 Å². The van der Waals surface area contributed by atoms with Crippen LogP contribution in [-0.2, 0) is 4.74 Å². The summed E-state index contributed by atoms with van der Waals surface area (Å²) in [6.07, 6.45) is 0. The maximum absolute atomic E-state index is 12.9. The number of ether oxygens (including phenoxy) is 3. The van der Waals surface area contributed by atoms with Gasteiger partial charge >= 0.3 is 5.97 Å². The lowest BCUT2D eigenvalue weighted by atomic mass is 10.0. The Morgan fingerprint density at radius 2 is 1.55 bits per heavy atom. The molecule has 7 heteroatoms. The molecule has 0 atom stereocenters. The largest absolute Gasteiger partial charge is 0.497 e. The smallest absolute Gasteiger partial charge is 0.341 e. The Bertz CT molecular complexity index is 1020. The first-order valence-electron chi connectivity index (χ1n) is 8.80. The van der Waals surface area contributed by atoms with Gasteiger partial charge in [-0.2, -0.15) is 0 Å². The second-order valence-corrected chi connectivity index (χ2v) is 7.38. The number of aryl methyl sites for hydroxylation is 1. The van der Waals surface area contributed by atoms with Crippen LogP contribution in [0.25, 0.3) is 11.1 Å². The molecule has 0 bridgehead atoms. The van der Waals surface area contributed by atoms with Crippen molar-refractivity contribution >= 4 is 28.2 Å². The molecule has 1 amide bonds. The van der Waals surface area contributed by atoms with Crippen molar-refractivity contribution in [3.8, 4) is 22.6 Å². The summed E-state index contributed by atoms with van der Waals surface area (Å²) in [5.41, 5.74) is 2.32. The van der Waals surface area contributed by atoms with Crippen LogP contribution in [0, 0.1) is 6.92 Å². The number of anilines is 1. The summed E-state index contributed by atoms with van der Waals surface area (Å²) in [6.45, 7) is 1.91. The number of hydrogen-bond donors (Lipinski definition) is 1. The minimum Gasteiger partial charge on any atom is -0.497 e. The van der Waals surface area contributed by atoms with Crippen molar-refractivity contribution in [3.05, 3.63) is 64.5 Å². The number of carbonyl (C=O) groups excluding carboxylic acids is 2. The Balaban J connectivity index is 2.04. The van der Waals surface area contributed by atoms with E-state index >= 15 is 0 Å². The summed E-state index contributed by atoms with van der Waals surface area (Å²) in [5, 5.41) is 3.27. The summed E-state index contributed by atoms with van der Waals surface area (Å²) in [4.78, 5) is 26.4. The molecule has 29 heavy (non-hydrogen) atoms. The molecule has 0 aliphatic carbocycles. The van der Waals surface area contributed by atoms with Crippen molar-refractivity contribution in [2.24, 2.45) is 0 Å². The van der Waals surface area contributed by atoms with Gasteiger partial charge in [0.05, 0.1) is 21.3 Å². The third kappa shape index (κ3) is 4.25. The number of nitrogens with one attached hydrogen (secondary N) is 1. The molecule has 3 aromatic rings. The molecular weight excluding hydrogens is 390 g/mol. The van der Waals surface area contributed by atoms with E-state index in [0.717, 1.165) is 16.0 Å². The molecule has 6 nitrogen and oxygen atoms in total. The van der Waals surface area contributed by atoms with E-state index in [1.165, 1.54) is 32.7 Å². The van der Waals surface area contributed by atoms with Crippen molar-refractivity contribution in [1.29, 1.82) is 0 Å². The fourth-order valence-electron chi connectivity index (χ4n) is 3.00. The van der Waals surface area contributed by atoms with E-state index in [9.17, 15) is 9.59 Å². The van der Waals surface area contributed by atoms with Gasteiger partial charge in [0.25, 0.3) is 5.91 Å². The molecule has 0 fully saturated rings. The van der Waals surface area contributed by atoms with E-state index in [0.29, 0.717) is 27.6 Å². The highest BCUT2D eigenvalue weighted by atomic mass is 32.1. The fraction of sp³-hybridized carbons (Fsp3) is 0.182. The fourth-order valence-corrected chi connectivity index (χ4v) is 4.06. The van der Waals surface area contributed by atoms with Crippen LogP contribution in [0.1, 0.15) is 25.6 Å². The van der Waals surface area contributed by atoms with Gasteiger partial charge in [0.1, 0.15) is 22.1 Å². The first-order chi connectivity index (χ1) is 14.0. The molecule has 1 N–H and O–H groups in total. The zero-order valence-corrected chi connectivity index (χ0v) is 17.4. The molecule has 0 spiro atoms. The molecule has 2 aromatic carbocycles. The average molecular weight is 411 g/mol. The molecule has 0 saturated carbocycles. The van der Waals surface area contributed by atoms with Crippen LogP contribution in [0.3, 0.4) is 0 Å². The normalized spacial score (nSPS) is 10.3. The molecule has 0 saturated heterocycles. The Hall–Kier alpha value is -3.32. The molecule has 0 radical (unpaired) electrons. The maximum Gasteiger partial charge on any atom is 0.341 e. The number of thiophene rings is 1. The Morgan fingerprint density at radius 1 is 0.931 bits per heavy atom. The van der Waals surface area contributed by atoms with Crippen LogP contribution in [0.5, 0.6) is 11.5 Å². The third-order valence-corrected chi connectivity index (χ3v) is 5.40. The van der Waals surface area contributed by atoms with E-state index in [2.05, 4.69) is 5.32 Å². The molecular formula is C22H21NO5S. The lowest BCUT2D eigenvalue weighted by Crippen LogP contribution is -2.14. The monoisotopic (exact) mass is 411 g/mol. The number of benzene rings is 2. The zero-order chi connectivity index (χ0) is 21.0. The predicted octanol–water partition coefficient (Wildman–Crippen LogP) is 4.78. The Kier molecular flexibility index (Phi) is 6.19. The Labute approximate surface area is 173 Å². The van der Waals surface area contributed by atoms with Crippen LogP contribution in [0.4, 0.5) is 5.00 Å². The van der Waals surface area contributed by atoms with E-state index in [-0.39, 0.29) is 5.91 Å². The third-order valence-electron chi connectivity index (χ3n) is 4.38. The Morgan fingerprint density at radius 3 is 2.10 bits per heavy atom. The van der Waals surface area contributed by atoms with Gasteiger partial charge in [-0.25, -0.2) is 4.79 Å². The quantitative estimate of drug-likeness (QED) is 0.591. The zero-order valence-electron chi connectivity index (χ0n) is 16.6. The molecule has 3 rings (SSSR count). The van der Waals surface area contributed by atoms with Crippen molar-refractivity contribution in [2.45, 2.75) is 6.92 Å². The van der Waals surface area contributed by atoms with Crippen LogP contribution in [0.15, 0.2) is 48.5 Å². The first-order valence-corrected chi connectivity index (χ1v) is 9.61. The summed E-state index contributed by atoms with van der Waals surface area (Å²) >= 11 is 1.33. The first kappa shape index (κ1) is 20.4. The van der Waals surface area contributed by atoms with Crippen molar-refractivity contribution in [2.75, 3.05) is 26.6 Å². The van der Waals surface area contributed by atoms with Crippen molar-refractivity contribution in [3.63, 3.8) is 0 Å². The van der Waals surface area contributed by atoms with Crippen molar-refractivity contribution < 1.29 is 23.8 Å². The van der Waals surface area contributed by atoms with E-state index < -0.39 is 5.97 Å². The van der Waals surface area contributed by atoms with E-state index in [1.807, 2.05) is 37.3 Å². The van der Waals surface area contributed by atoms with Crippen LogP contribution in [-0.4, -0.2) is 33.2 Å².